The summed E-state index contributed by atoms with van der Waals surface area (Å²) in [6, 6.07) is 21.0. The minimum absolute atomic E-state index is 0.0443. The number of nitrogens with one attached hydrogen (secondary N) is 2. The molecule has 0 saturated carbocycles. The van der Waals surface area contributed by atoms with Crippen LogP contribution in [0.15, 0.2) is 82.4 Å². The molecular formula is C23H20BrN3O4. The maximum atomic E-state index is 12.1. The molecule has 1 amide bonds. The first kappa shape index (κ1) is 22.0. The molecule has 0 aliphatic carbocycles. The van der Waals surface area contributed by atoms with E-state index >= 15 is 0 Å². The van der Waals surface area contributed by atoms with Gasteiger partial charge in [0.25, 0.3) is 5.91 Å². The summed E-state index contributed by atoms with van der Waals surface area (Å²) < 4.78 is 11.5. The molecule has 0 bridgehead atoms. The van der Waals surface area contributed by atoms with Crippen molar-refractivity contribution in [3.05, 3.63) is 88.4 Å². The van der Waals surface area contributed by atoms with Crippen LogP contribution in [0, 0.1) is 0 Å². The van der Waals surface area contributed by atoms with Gasteiger partial charge in [-0.25, -0.2) is 10.2 Å². The number of hydrogen-bond donors (Lipinski definition) is 2. The Hall–Kier alpha value is -3.65. The van der Waals surface area contributed by atoms with Gasteiger partial charge in [0.05, 0.1) is 31.1 Å². The third-order valence-corrected chi connectivity index (χ3v) is 4.65. The fraction of sp³-hybridized carbons (Fsp3) is 0.0870. The number of amides is 1. The molecule has 0 radical (unpaired) electrons. The van der Waals surface area contributed by atoms with Gasteiger partial charge < -0.3 is 14.8 Å². The molecule has 2 N–H and O–H groups in total. The number of anilines is 1. The molecule has 0 fully saturated rings. The first-order valence-corrected chi connectivity index (χ1v) is 10.1. The van der Waals surface area contributed by atoms with Crippen molar-refractivity contribution in [2.45, 2.75) is 0 Å². The van der Waals surface area contributed by atoms with Crippen LogP contribution in [0.25, 0.3) is 0 Å². The van der Waals surface area contributed by atoms with Crippen molar-refractivity contribution in [1.29, 1.82) is 0 Å². The molecule has 0 spiro atoms. The standard InChI is InChI=1S/C23H20BrN3O4/c1-30-21-5-3-2-4-20(21)25-15-22(28)27-26-14-16-6-12-19(13-7-16)31-23(29)17-8-10-18(24)11-9-17/h2-14,25H,15H2,1H3,(H,27,28). The molecule has 0 atom stereocenters. The minimum Gasteiger partial charge on any atom is -0.495 e. The summed E-state index contributed by atoms with van der Waals surface area (Å²) in [6.07, 6.45) is 1.50. The lowest BCUT2D eigenvalue weighted by atomic mass is 10.2. The van der Waals surface area contributed by atoms with Crippen molar-refractivity contribution in [1.82, 2.24) is 5.43 Å². The number of halogens is 1. The Morgan fingerprint density at radius 3 is 2.42 bits per heavy atom. The van der Waals surface area contributed by atoms with E-state index in [0.29, 0.717) is 17.1 Å². The SMILES string of the molecule is COc1ccccc1NCC(=O)NN=Cc1ccc(OC(=O)c2ccc(Br)cc2)cc1. The van der Waals surface area contributed by atoms with Gasteiger partial charge in [0.1, 0.15) is 11.5 Å². The highest BCUT2D eigenvalue weighted by Crippen LogP contribution is 2.22. The van der Waals surface area contributed by atoms with Gasteiger partial charge in [0, 0.05) is 4.47 Å². The van der Waals surface area contributed by atoms with E-state index in [2.05, 4.69) is 31.8 Å². The quantitative estimate of drug-likeness (QED) is 0.217. The van der Waals surface area contributed by atoms with Crippen LogP contribution in [0.4, 0.5) is 5.69 Å². The van der Waals surface area contributed by atoms with Crippen LogP contribution >= 0.6 is 15.9 Å². The van der Waals surface area contributed by atoms with E-state index in [1.165, 1.54) is 6.21 Å². The molecule has 0 aliphatic rings. The van der Waals surface area contributed by atoms with Crippen molar-refractivity contribution in [2.75, 3.05) is 19.0 Å². The molecule has 8 heteroatoms. The van der Waals surface area contributed by atoms with Crippen LogP contribution in [-0.4, -0.2) is 31.7 Å². The summed E-state index contributed by atoms with van der Waals surface area (Å²) >= 11 is 3.32. The maximum Gasteiger partial charge on any atom is 0.343 e. The molecule has 0 unspecified atom stereocenters. The Bertz CT molecular complexity index is 1070. The van der Waals surface area contributed by atoms with Gasteiger partial charge in [-0.3, -0.25) is 4.79 Å². The number of nitrogens with zero attached hydrogens (tertiary/aromatic N) is 1. The number of benzene rings is 3. The molecule has 0 aliphatic heterocycles. The first-order valence-electron chi connectivity index (χ1n) is 9.32. The fourth-order valence-electron chi connectivity index (χ4n) is 2.56. The minimum atomic E-state index is -0.441. The van der Waals surface area contributed by atoms with E-state index in [0.717, 1.165) is 15.7 Å². The van der Waals surface area contributed by atoms with Crippen molar-refractivity contribution in [3.8, 4) is 11.5 Å². The van der Waals surface area contributed by atoms with Gasteiger partial charge >= 0.3 is 5.97 Å². The molecule has 158 valence electrons. The highest BCUT2D eigenvalue weighted by Gasteiger charge is 2.08. The molecule has 0 aromatic heterocycles. The number of methoxy groups -OCH3 is 1. The summed E-state index contributed by atoms with van der Waals surface area (Å²) in [6.45, 7) is 0.0443. The molecule has 3 aromatic carbocycles. The molecular weight excluding hydrogens is 462 g/mol. The normalized spacial score (nSPS) is 10.5. The number of ether oxygens (including phenoxy) is 2. The van der Waals surface area contributed by atoms with Crippen molar-refractivity contribution in [3.63, 3.8) is 0 Å². The van der Waals surface area contributed by atoms with Gasteiger partial charge in [0.15, 0.2) is 0 Å². The van der Waals surface area contributed by atoms with Crippen LogP contribution < -0.4 is 20.2 Å². The second-order valence-electron chi connectivity index (χ2n) is 6.31. The lowest BCUT2D eigenvalue weighted by Gasteiger charge is -2.09. The van der Waals surface area contributed by atoms with E-state index in [1.807, 2.05) is 18.2 Å². The van der Waals surface area contributed by atoms with Gasteiger partial charge in [-0.1, -0.05) is 28.1 Å². The number of carbonyl (C=O) groups is 2. The van der Waals surface area contributed by atoms with E-state index < -0.39 is 5.97 Å². The van der Waals surface area contributed by atoms with Gasteiger partial charge in [-0.15, -0.1) is 0 Å². The summed E-state index contributed by atoms with van der Waals surface area (Å²) in [4.78, 5) is 24.1. The van der Waals surface area contributed by atoms with Gasteiger partial charge in [0.2, 0.25) is 0 Å². The average molecular weight is 482 g/mol. The molecule has 3 aromatic rings. The van der Waals surface area contributed by atoms with Crippen LogP contribution in [0.1, 0.15) is 15.9 Å². The predicted octanol–water partition coefficient (Wildman–Crippen LogP) is 4.24. The zero-order valence-electron chi connectivity index (χ0n) is 16.7. The molecule has 31 heavy (non-hydrogen) atoms. The summed E-state index contributed by atoms with van der Waals surface area (Å²) in [7, 11) is 1.57. The number of rotatable bonds is 8. The summed E-state index contributed by atoms with van der Waals surface area (Å²) in [5.41, 5.74) is 4.36. The topological polar surface area (TPSA) is 89.0 Å². The zero-order valence-corrected chi connectivity index (χ0v) is 18.3. The summed E-state index contributed by atoms with van der Waals surface area (Å²) in [5, 5.41) is 6.93. The van der Waals surface area contributed by atoms with Crippen LogP contribution in [0.2, 0.25) is 0 Å². The van der Waals surface area contributed by atoms with Crippen molar-refractivity contribution >= 4 is 39.7 Å². The highest BCUT2D eigenvalue weighted by atomic mass is 79.9. The van der Waals surface area contributed by atoms with Crippen molar-refractivity contribution < 1.29 is 19.1 Å². The van der Waals surface area contributed by atoms with Crippen LogP contribution in [0.3, 0.4) is 0 Å². The smallest absolute Gasteiger partial charge is 0.343 e. The van der Waals surface area contributed by atoms with Gasteiger partial charge in [-0.2, -0.15) is 5.10 Å². The van der Waals surface area contributed by atoms with Crippen LogP contribution in [0.5, 0.6) is 11.5 Å². The Morgan fingerprint density at radius 1 is 1.00 bits per heavy atom. The zero-order chi connectivity index (χ0) is 22.1. The lowest BCUT2D eigenvalue weighted by molar-refractivity contribution is -0.119. The third kappa shape index (κ3) is 6.68. The monoisotopic (exact) mass is 481 g/mol. The predicted molar refractivity (Wildman–Crippen MR) is 123 cm³/mol. The second kappa shape index (κ2) is 10.9. The summed E-state index contributed by atoms with van der Waals surface area (Å²) in [5.74, 6) is 0.320. The maximum absolute atomic E-state index is 12.1. The number of para-hydroxylation sites is 2. The molecule has 7 nitrogen and oxygen atoms in total. The Morgan fingerprint density at radius 2 is 1.71 bits per heavy atom. The number of carbonyl (C=O) groups excluding carboxylic acids is 2. The Balaban J connectivity index is 1.47. The number of esters is 1. The second-order valence-corrected chi connectivity index (χ2v) is 7.23. The highest BCUT2D eigenvalue weighted by molar-refractivity contribution is 9.10. The van der Waals surface area contributed by atoms with E-state index in [1.54, 1.807) is 61.7 Å². The largest absolute Gasteiger partial charge is 0.495 e. The number of hydrogen-bond acceptors (Lipinski definition) is 6. The molecule has 3 rings (SSSR count). The molecule has 0 heterocycles. The number of hydrazone groups is 1. The van der Waals surface area contributed by atoms with Crippen molar-refractivity contribution in [2.24, 2.45) is 5.10 Å². The van der Waals surface area contributed by atoms with Crippen LogP contribution in [-0.2, 0) is 4.79 Å². The van der Waals surface area contributed by atoms with Gasteiger partial charge in [-0.05, 0) is 66.2 Å². The van der Waals surface area contributed by atoms with E-state index in [-0.39, 0.29) is 12.5 Å². The van der Waals surface area contributed by atoms with E-state index in [4.69, 9.17) is 9.47 Å². The Kier molecular flexibility index (Phi) is 7.78. The first-order chi connectivity index (χ1) is 15.0. The van der Waals surface area contributed by atoms with E-state index in [9.17, 15) is 9.59 Å². The average Bonchev–Trinajstić information content (AvgIpc) is 2.79. The third-order valence-electron chi connectivity index (χ3n) is 4.12. The molecule has 0 saturated heterocycles. The lowest BCUT2D eigenvalue weighted by Crippen LogP contribution is -2.26. The Labute approximate surface area is 188 Å². The fourth-order valence-corrected chi connectivity index (χ4v) is 2.82.